The standard InChI is InChI=1S/C13H20N2S/c1-11-5-3-4-6-13(11)15(2)9-12-10-16-8-7-14-12/h3-6,12,14H,7-10H2,1-2H3. The maximum atomic E-state index is 3.58. The number of nitrogens with zero attached hydrogens (tertiary/aromatic N) is 1. The zero-order valence-electron chi connectivity index (χ0n) is 10.1. The first-order valence-electron chi connectivity index (χ1n) is 5.85. The minimum Gasteiger partial charge on any atom is -0.373 e. The summed E-state index contributed by atoms with van der Waals surface area (Å²) in [6.07, 6.45) is 0. The van der Waals surface area contributed by atoms with Crippen LogP contribution in [0.2, 0.25) is 0 Å². The Morgan fingerprint density at radius 2 is 2.25 bits per heavy atom. The van der Waals surface area contributed by atoms with Crippen molar-refractivity contribution in [2.45, 2.75) is 13.0 Å². The van der Waals surface area contributed by atoms with E-state index in [-0.39, 0.29) is 0 Å². The predicted octanol–water partition coefficient (Wildman–Crippen LogP) is 2.14. The Morgan fingerprint density at radius 3 is 2.94 bits per heavy atom. The van der Waals surface area contributed by atoms with Gasteiger partial charge in [0.05, 0.1) is 0 Å². The molecule has 2 nitrogen and oxygen atoms in total. The van der Waals surface area contributed by atoms with Gasteiger partial charge in [-0.1, -0.05) is 18.2 Å². The molecule has 1 fully saturated rings. The number of aryl methyl sites for hydroxylation is 1. The lowest BCUT2D eigenvalue weighted by Gasteiger charge is -2.29. The van der Waals surface area contributed by atoms with Crippen LogP contribution in [-0.4, -0.2) is 37.7 Å². The van der Waals surface area contributed by atoms with E-state index < -0.39 is 0 Å². The Balaban J connectivity index is 1.96. The summed E-state index contributed by atoms with van der Waals surface area (Å²) >= 11 is 2.06. The topological polar surface area (TPSA) is 15.3 Å². The highest BCUT2D eigenvalue weighted by Gasteiger charge is 2.15. The fraction of sp³-hybridized carbons (Fsp3) is 0.538. The lowest BCUT2D eigenvalue weighted by atomic mass is 10.1. The highest BCUT2D eigenvalue weighted by molar-refractivity contribution is 7.99. The maximum absolute atomic E-state index is 3.58. The van der Waals surface area contributed by atoms with E-state index in [0.29, 0.717) is 6.04 Å². The second-order valence-corrected chi connectivity index (χ2v) is 5.54. The first-order chi connectivity index (χ1) is 7.77. The SMILES string of the molecule is Cc1ccccc1N(C)CC1CSCCN1. The van der Waals surface area contributed by atoms with Crippen molar-refractivity contribution in [3.63, 3.8) is 0 Å². The molecule has 1 aliphatic heterocycles. The summed E-state index contributed by atoms with van der Waals surface area (Å²) in [5.74, 6) is 2.49. The van der Waals surface area contributed by atoms with Gasteiger partial charge >= 0.3 is 0 Å². The van der Waals surface area contributed by atoms with Crippen LogP contribution in [0.15, 0.2) is 24.3 Å². The Morgan fingerprint density at radius 1 is 1.44 bits per heavy atom. The minimum atomic E-state index is 0.628. The van der Waals surface area contributed by atoms with E-state index in [0.717, 1.165) is 13.1 Å². The fourth-order valence-electron chi connectivity index (χ4n) is 2.16. The van der Waals surface area contributed by atoms with E-state index in [1.165, 1.54) is 22.8 Å². The molecule has 0 spiro atoms. The summed E-state index contributed by atoms with van der Waals surface area (Å²) in [5, 5.41) is 3.58. The molecule has 1 saturated heterocycles. The molecule has 1 unspecified atom stereocenters. The summed E-state index contributed by atoms with van der Waals surface area (Å²) in [5.41, 5.74) is 2.70. The van der Waals surface area contributed by atoms with Gasteiger partial charge in [-0.2, -0.15) is 11.8 Å². The Hall–Kier alpha value is -0.670. The second kappa shape index (κ2) is 5.60. The number of benzene rings is 1. The van der Waals surface area contributed by atoms with Crippen LogP contribution >= 0.6 is 11.8 Å². The molecule has 0 amide bonds. The van der Waals surface area contributed by atoms with Crippen LogP contribution in [0.25, 0.3) is 0 Å². The van der Waals surface area contributed by atoms with Crippen molar-refractivity contribution in [1.29, 1.82) is 0 Å². The van der Waals surface area contributed by atoms with Crippen molar-refractivity contribution in [3.05, 3.63) is 29.8 Å². The van der Waals surface area contributed by atoms with Gasteiger partial charge < -0.3 is 10.2 Å². The Labute approximate surface area is 102 Å². The van der Waals surface area contributed by atoms with Crippen molar-refractivity contribution < 1.29 is 0 Å². The lowest BCUT2D eigenvalue weighted by Crippen LogP contribution is -2.45. The van der Waals surface area contributed by atoms with Crippen molar-refractivity contribution in [3.8, 4) is 0 Å². The predicted molar refractivity (Wildman–Crippen MR) is 73.6 cm³/mol. The number of hydrogen-bond acceptors (Lipinski definition) is 3. The summed E-state index contributed by atoms with van der Waals surface area (Å²) in [7, 11) is 2.18. The van der Waals surface area contributed by atoms with E-state index in [1.807, 2.05) is 0 Å². The molecule has 1 atom stereocenters. The monoisotopic (exact) mass is 236 g/mol. The zero-order valence-corrected chi connectivity index (χ0v) is 10.9. The first kappa shape index (κ1) is 11.8. The average molecular weight is 236 g/mol. The zero-order chi connectivity index (χ0) is 11.4. The highest BCUT2D eigenvalue weighted by Crippen LogP contribution is 2.19. The molecular formula is C13H20N2S. The molecule has 88 valence electrons. The number of nitrogens with one attached hydrogen (secondary N) is 1. The van der Waals surface area contributed by atoms with Crippen LogP contribution < -0.4 is 10.2 Å². The molecule has 0 radical (unpaired) electrons. The Bertz CT molecular complexity index is 334. The van der Waals surface area contributed by atoms with Crippen LogP contribution in [0, 0.1) is 6.92 Å². The van der Waals surface area contributed by atoms with Crippen molar-refractivity contribution in [2.24, 2.45) is 0 Å². The number of rotatable bonds is 3. The number of thioether (sulfide) groups is 1. The molecule has 1 aromatic rings. The molecule has 0 bridgehead atoms. The molecule has 1 aliphatic rings. The van der Waals surface area contributed by atoms with Gasteiger partial charge in [0.1, 0.15) is 0 Å². The molecule has 3 heteroatoms. The molecule has 0 saturated carbocycles. The fourth-order valence-corrected chi connectivity index (χ4v) is 3.09. The highest BCUT2D eigenvalue weighted by atomic mass is 32.2. The largest absolute Gasteiger partial charge is 0.373 e. The third kappa shape index (κ3) is 2.92. The Kier molecular flexibility index (Phi) is 4.13. The van der Waals surface area contributed by atoms with Crippen LogP contribution in [0.4, 0.5) is 5.69 Å². The molecule has 1 N–H and O–H groups in total. The molecular weight excluding hydrogens is 216 g/mol. The maximum Gasteiger partial charge on any atom is 0.0393 e. The van der Waals surface area contributed by atoms with Gasteiger partial charge in [-0.05, 0) is 18.6 Å². The molecule has 1 heterocycles. The lowest BCUT2D eigenvalue weighted by molar-refractivity contribution is 0.562. The summed E-state index contributed by atoms with van der Waals surface area (Å²) in [6, 6.07) is 9.21. The van der Waals surface area contributed by atoms with Gasteiger partial charge in [0.15, 0.2) is 0 Å². The van der Waals surface area contributed by atoms with Gasteiger partial charge in [-0.15, -0.1) is 0 Å². The minimum absolute atomic E-state index is 0.628. The first-order valence-corrected chi connectivity index (χ1v) is 7.01. The normalized spacial score (nSPS) is 20.8. The van der Waals surface area contributed by atoms with Gasteiger partial charge in [0, 0.05) is 43.4 Å². The molecule has 16 heavy (non-hydrogen) atoms. The third-order valence-corrected chi connectivity index (χ3v) is 4.15. The van der Waals surface area contributed by atoms with E-state index >= 15 is 0 Å². The van der Waals surface area contributed by atoms with Crippen LogP contribution in [0.3, 0.4) is 0 Å². The summed E-state index contributed by atoms with van der Waals surface area (Å²) < 4.78 is 0. The smallest absolute Gasteiger partial charge is 0.0393 e. The summed E-state index contributed by atoms with van der Waals surface area (Å²) in [4.78, 5) is 2.36. The molecule has 1 aromatic carbocycles. The molecule has 2 rings (SSSR count). The number of para-hydroxylation sites is 1. The van der Waals surface area contributed by atoms with Gasteiger partial charge in [0.25, 0.3) is 0 Å². The third-order valence-electron chi connectivity index (χ3n) is 3.02. The molecule has 0 aliphatic carbocycles. The van der Waals surface area contributed by atoms with Crippen LogP contribution in [0.1, 0.15) is 5.56 Å². The average Bonchev–Trinajstić information content (AvgIpc) is 2.31. The van der Waals surface area contributed by atoms with Crippen LogP contribution in [-0.2, 0) is 0 Å². The van der Waals surface area contributed by atoms with Crippen molar-refractivity contribution in [1.82, 2.24) is 5.32 Å². The number of hydrogen-bond donors (Lipinski definition) is 1. The van der Waals surface area contributed by atoms with Crippen molar-refractivity contribution >= 4 is 17.4 Å². The van der Waals surface area contributed by atoms with Gasteiger partial charge in [0.2, 0.25) is 0 Å². The quantitative estimate of drug-likeness (QED) is 0.865. The second-order valence-electron chi connectivity index (χ2n) is 4.39. The number of likely N-dealkylation sites (N-methyl/N-ethyl adjacent to an activating group) is 1. The van der Waals surface area contributed by atoms with Crippen molar-refractivity contribution in [2.75, 3.05) is 36.5 Å². The summed E-state index contributed by atoms with van der Waals surface area (Å²) in [6.45, 7) is 4.42. The van der Waals surface area contributed by atoms with E-state index in [2.05, 4.69) is 60.2 Å². The van der Waals surface area contributed by atoms with Gasteiger partial charge in [-0.25, -0.2) is 0 Å². The number of anilines is 1. The van der Waals surface area contributed by atoms with Crippen LogP contribution in [0.5, 0.6) is 0 Å². The van der Waals surface area contributed by atoms with E-state index in [1.54, 1.807) is 0 Å². The van der Waals surface area contributed by atoms with Gasteiger partial charge in [-0.3, -0.25) is 0 Å². The van der Waals surface area contributed by atoms with E-state index in [9.17, 15) is 0 Å². The molecule has 0 aromatic heterocycles. The van der Waals surface area contributed by atoms with E-state index in [4.69, 9.17) is 0 Å².